The fourth-order valence-corrected chi connectivity index (χ4v) is 4.91. The van der Waals surface area contributed by atoms with E-state index in [2.05, 4.69) is 5.32 Å². The van der Waals surface area contributed by atoms with Crippen LogP contribution in [-0.4, -0.2) is 41.0 Å². The number of halogens is 1. The number of amides is 2. The lowest BCUT2D eigenvalue weighted by Crippen LogP contribution is -2.57. The number of hydrogen-bond donors (Lipinski definition) is 2. The van der Waals surface area contributed by atoms with E-state index in [-0.39, 0.29) is 30.2 Å². The molecule has 2 atom stereocenters. The van der Waals surface area contributed by atoms with Crippen molar-refractivity contribution in [3.8, 4) is 0 Å². The van der Waals surface area contributed by atoms with Crippen LogP contribution < -0.4 is 5.32 Å². The molecule has 6 heteroatoms. The number of nitrogens with one attached hydrogen (secondary N) is 1. The molecular formula is C23H33ClN2O3. The summed E-state index contributed by atoms with van der Waals surface area (Å²) in [6, 6.07) is 7.12. The molecule has 160 valence electrons. The maximum atomic E-state index is 12.9. The van der Waals surface area contributed by atoms with Gasteiger partial charge in [0.25, 0.3) is 0 Å². The minimum Gasteiger partial charge on any atom is -0.384 e. The standard InChI is InChI=1S/C23H33ClN2O3/c1-16(25-21(28)17-6-4-5-7-17)14-20(27)26-13-12-23(29,22(2,3)15-26)18-8-10-19(24)11-9-18/h8-11,16-17,29H,4-7,12-15H2,1-3H3,(H,25,28)/t16-,23-/m0/s1. The summed E-state index contributed by atoms with van der Waals surface area (Å²) >= 11 is 5.99. The maximum absolute atomic E-state index is 12.9. The van der Waals surface area contributed by atoms with Gasteiger partial charge in [0.1, 0.15) is 0 Å². The average Bonchev–Trinajstić information content (AvgIpc) is 3.19. The Morgan fingerprint density at radius 2 is 1.86 bits per heavy atom. The van der Waals surface area contributed by atoms with Crippen LogP contribution in [0.1, 0.15) is 64.9 Å². The zero-order valence-electron chi connectivity index (χ0n) is 17.7. The number of aliphatic hydroxyl groups is 1. The van der Waals surface area contributed by atoms with Crippen LogP contribution in [0.25, 0.3) is 0 Å². The molecule has 1 aromatic rings. The number of nitrogens with zero attached hydrogens (tertiary/aromatic N) is 1. The number of likely N-dealkylation sites (tertiary alicyclic amines) is 1. The topological polar surface area (TPSA) is 69.6 Å². The molecule has 0 bridgehead atoms. The Hall–Kier alpha value is -1.59. The van der Waals surface area contributed by atoms with Crippen molar-refractivity contribution in [3.63, 3.8) is 0 Å². The Morgan fingerprint density at radius 3 is 2.45 bits per heavy atom. The van der Waals surface area contributed by atoms with Crippen LogP contribution in [0.2, 0.25) is 5.02 Å². The smallest absolute Gasteiger partial charge is 0.224 e. The highest BCUT2D eigenvalue weighted by molar-refractivity contribution is 6.30. The molecule has 3 rings (SSSR count). The van der Waals surface area contributed by atoms with E-state index in [0.29, 0.717) is 24.5 Å². The third-order valence-corrected chi connectivity index (χ3v) is 6.97. The molecule has 0 unspecified atom stereocenters. The lowest BCUT2D eigenvalue weighted by Gasteiger charge is -2.50. The minimum atomic E-state index is -1.02. The van der Waals surface area contributed by atoms with Crippen LogP contribution >= 0.6 is 11.6 Å². The summed E-state index contributed by atoms with van der Waals surface area (Å²) < 4.78 is 0. The molecule has 0 radical (unpaired) electrons. The zero-order valence-corrected chi connectivity index (χ0v) is 18.5. The summed E-state index contributed by atoms with van der Waals surface area (Å²) in [5.41, 5.74) is -0.696. The van der Waals surface area contributed by atoms with Gasteiger partial charge in [-0.2, -0.15) is 0 Å². The predicted octanol–water partition coefficient (Wildman–Crippen LogP) is 3.87. The molecule has 0 spiro atoms. The van der Waals surface area contributed by atoms with Crippen LogP contribution in [0, 0.1) is 11.3 Å². The third kappa shape index (κ3) is 4.77. The van der Waals surface area contributed by atoms with Gasteiger partial charge in [-0.15, -0.1) is 0 Å². The van der Waals surface area contributed by atoms with Crippen molar-refractivity contribution in [3.05, 3.63) is 34.9 Å². The number of carbonyl (C=O) groups is 2. The van der Waals surface area contributed by atoms with Crippen LogP contribution in [0.4, 0.5) is 0 Å². The Labute approximate surface area is 178 Å². The van der Waals surface area contributed by atoms with E-state index in [1.54, 1.807) is 12.1 Å². The fourth-order valence-electron chi connectivity index (χ4n) is 4.79. The Bertz CT molecular complexity index is 743. The van der Waals surface area contributed by atoms with E-state index in [1.165, 1.54) is 0 Å². The first-order chi connectivity index (χ1) is 13.6. The van der Waals surface area contributed by atoms with Crippen molar-refractivity contribution in [1.82, 2.24) is 10.2 Å². The predicted molar refractivity (Wildman–Crippen MR) is 115 cm³/mol. The summed E-state index contributed by atoms with van der Waals surface area (Å²) in [6.45, 7) is 6.83. The van der Waals surface area contributed by atoms with Gasteiger partial charge in [0.15, 0.2) is 0 Å². The largest absolute Gasteiger partial charge is 0.384 e. The molecule has 2 fully saturated rings. The highest BCUT2D eigenvalue weighted by Gasteiger charge is 2.49. The Kier molecular flexibility index (Phi) is 6.59. The van der Waals surface area contributed by atoms with E-state index in [9.17, 15) is 14.7 Å². The van der Waals surface area contributed by atoms with Crippen LogP contribution in [-0.2, 0) is 15.2 Å². The van der Waals surface area contributed by atoms with Gasteiger partial charge in [-0.3, -0.25) is 9.59 Å². The number of hydrogen-bond acceptors (Lipinski definition) is 3. The summed E-state index contributed by atoms with van der Waals surface area (Å²) in [7, 11) is 0. The van der Waals surface area contributed by atoms with Crippen LogP contribution in [0.15, 0.2) is 24.3 Å². The molecule has 29 heavy (non-hydrogen) atoms. The molecule has 2 N–H and O–H groups in total. The summed E-state index contributed by atoms with van der Waals surface area (Å²) in [5.74, 6) is 0.213. The van der Waals surface area contributed by atoms with Gasteiger partial charge in [0.2, 0.25) is 11.8 Å². The van der Waals surface area contributed by atoms with E-state index in [1.807, 2.05) is 37.8 Å². The average molecular weight is 421 g/mol. The molecule has 1 heterocycles. The molecule has 1 saturated carbocycles. The Morgan fingerprint density at radius 1 is 1.24 bits per heavy atom. The summed E-state index contributed by atoms with van der Waals surface area (Å²) in [4.78, 5) is 27.0. The van der Waals surface area contributed by atoms with Gasteiger partial charge in [-0.25, -0.2) is 0 Å². The van der Waals surface area contributed by atoms with Crippen molar-refractivity contribution in [2.45, 2.75) is 70.9 Å². The van der Waals surface area contributed by atoms with Gasteiger partial charge in [0, 0.05) is 41.9 Å². The van der Waals surface area contributed by atoms with Crippen molar-refractivity contribution < 1.29 is 14.7 Å². The van der Waals surface area contributed by atoms with E-state index in [0.717, 1.165) is 31.2 Å². The maximum Gasteiger partial charge on any atom is 0.224 e. The molecule has 5 nitrogen and oxygen atoms in total. The second kappa shape index (κ2) is 8.65. The van der Waals surface area contributed by atoms with Gasteiger partial charge in [0.05, 0.1) is 5.60 Å². The Balaban J connectivity index is 1.59. The number of rotatable bonds is 5. The lowest BCUT2D eigenvalue weighted by molar-refractivity contribution is -0.153. The first-order valence-corrected chi connectivity index (χ1v) is 11.1. The zero-order chi connectivity index (χ0) is 21.2. The van der Waals surface area contributed by atoms with Crippen molar-refractivity contribution in [2.24, 2.45) is 11.3 Å². The van der Waals surface area contributed by atoms with Gasteiger partial charge < -0.3 is 15.3 Å². The molecule has 2 amide bonds. The molecule has 1 saturated heterocycles. The van der Waals surface area contributed by atoms with E-state index >= 15 is 0 Å². The molecule has 1 aromatic carbocycles. The molecular weight excluding hydrogens is 388 g/mol. The van der Waals surface area contributed by atoms with Gasteiger partial charge >= 0.3 is 0 Å². The molecule has 2 aliphatic rings. The SMILES string of the molecule is C[C@@H](CC(=O)N1CC[C@](O)(c2ccc(Cl)cc2)C(C)(C)C1)NC(=O)C1CCCC1. The molecule has 0 aromatic heterocycles. The summed E-state index contributed by atoms with van der Waals surface area (Å²) in [5, 5.41) is 15.1. The second-order valence-corrected chi connectivity index (χ2v) is 9.85. The number of benzene rings is 1. The number of piperidine rings is 1. The first kappa shape index (κ1) is 22.1. The van der Waals surface area contributed by atoms with Gasteiger partial charge in [-0.05, 0) is 43.9 Å². The van der Waals surface area contributed by atoms with E-state index in [4.69, 9.17) is 11.6 Å². The third-order valence-electron chi connectivity index (χ3n) is 6.72. The monoisotopic (exact) mass is 420 g/mol. The fraction of sp³-hybridized carbons (Fsp3) is 0.652. The minimum absolute atomic E-state index is 0.0236. The highest BCUT2D eigenvalue weighted by Crippen LogP contribution is 2.46. The van der Waals surface area contributed by atoms with Crippen LogP contribution in [0.5, 0.6) is 0 Å². The van der Waals surface area contributed by atoms with Crippen molar-refractivity contribution in [2.75, 3.05) is 13.1 Å². The lowest BCUT2D eigenvalue weighted by atomic mass is 9.66. The quantitative estimate of drug-likeness (QED) is 0.759. The van der Waals surface area contributed by atoms with E-state index < -0.39 is 11.0 Å². The van der Waals surface area contributed by atoms with Gasteiger partial charge in [-0.1, -0.05) is 50.4 Å². The second-order valence-electron chi connectivity index (χ2n) is 9.41. The first-order valence-electron chi connectivity index (χ1n) is 10.7. The normalized spacial score (nSPS) is 25.6. The molecule has 1 aliphatic carbocycles. The number of carbonyl (C=O) groups excluding carboxylic acids is 2. The molecule has 1 aliphatic heterocycles. The summed E-state index contributed by atoms with van der Waals surface area (Å²) in [6.07, 6.45) is 4.89. The van der Waals surface area contributed by atoms with Crippen LogP contribution in [0.3, 0.4) is 0 Å². The van der Waals surface area contributed by atoms with Crippen molar-refractivity contribution in [1.29, 1.82) is 0 Å². The highest BCUT2D eigenvalue weighted by atomic mass is 35.5. The van der Waals surface area contributed by atoms with Crippen molar-refractivity contribution >= 4 is 23.4 Å².